The normalized spacial score (nSPS) is 36.3. The summed E-state index contributed by atoms with van der Waals surface area (Å²) in [5.41, 5.74) is -1.84. The maximum absolute atomic E-state index is 13.2. The maximum Gasteiger partial charge on any atom is 0.333 e. The number of ketones is 2. The number of ether oxygens (including phenoxy) is 2. The Balaban J connectivity index is 2.14. The van der Waals surface area contributed by atoms with Gasteiger partial charge in [0, 0.05) is 17.9 Å². The molecule has 7 heteroatoms. The van der Waals surface area contributed by atoms with Crippen molar-refractivity contribution in [2.45, 2.75) is 72.2 Å². The van der Waals surface area contributed by atoms with Gasteiger partial charge in [0.25, 0.3) is 0 Å². The Morgan fingerprint density at radius 1 is 1.30 bits per heavy atom. The molecular weight excluding hydrogens is 424 g/mol. The molecule has 0 aromatic heterocycles. The van der Waals surface area contributed by atoms with Gasteiger partial charge in [-0.1, -0.05) is 25.7 Å². The van der Waals surface area contributed by atoms with Crippen molar-refractivity contribution in [1.29, 1.82) is 0 Å². The Hall–Kier alpha value is -2.54. The second kappa shape index (κ2) is 8.67. The van der Waals surface area contributed by atoms with Crippen LogP contribution in [0.4, 0.5) is 0 Å². The minimum absolute atomic E-state index is 0.125. The second-order valence-electron chi connectivity index (χ2n) is 10.5. The van der Waals surface area contributed by atoms with Crippen molar-refractivity contribution in [3.05, 3.63) is 36.0 Å². The van der Waals surface area contributed by atoms with Gasteiger partial charge < -0.3 is 14.6 Å². The molecule has 0 aliphatic heterocycles. The first-order valence-corrected chi connectivity index (χ1v) is 11.4. The van der Waals surface area contributed by atoms with Crippen molar-refractivity contribution in [2.24, 2.45) is 29.1 Å². The molecule has 0 radical (unpaired) electrons. The van der Waals surface area contributed by atoms with Crippen molar-refractivity contribution in [3.63, 3.8) is 0 Å². The number of Topliss-reactive ketones (excluding diaryl/α,β-unsaturated/α-hetero) is 1. The first-order chi connectivity index (χ1) is 15.2. The van der Waals surface area contributed by atoms with E-state index in [-0.39, 0.29) is 47.7 Å². The third-order valence-corrected chi connectivity index (χ3v) is 7.63. The number of hydrogen-bond donors (Lipinski definition) is 1. The molecule has 7 nitrogen and oxygen atoms in total. The fraction of sp³-hybridized carbons (Fsp3) is 0.615. The molecule has 2 fully saturated rings. The number of carbonyl (C=O) groups is 4. The van der Waals surface area contributed by atoms with Crippen LogP contribution in [0.25, 0.3) is 0 Å². The van der Waals surface area contributed by atoms with Crippen LogP contribution in [0.2, 0.25) is 0 Å². The first kappa shape index (κ1) is 25.1. The highest BCUT2D eigenvalue weighted by atomic mass is 16.6. The molecule has 33 heavy (non-hydrogen) atoms. The summed E-state index contributed by atoms with van der Waals surface area (Å²) in [6.07, 6.45) is 2.98. The largest absolute Gasteiger partial charge is 0.461 e. The number of esters is 2. The van der Waals surface area contributed by atoms with Crippen molar-refractivity contribution in [3.8, 4) is 0 Å². The Labute approximate surface area is 194 Å². The van der Waals surface area contributed by atoms with Gasteiger partial charge in [-0.25, -0.2) is 4.79 Å². The van der Waals surface area contributed by atoms with Crippen molar-refractivity contribution in [1.82, 2.24) is 0 Å². The van der Waals surface area contributed by atoms with E-state index in [1.54, 1.807) is 26.8 Å². The number of hydrogen-bond acceptors (Lipinski definition) is 7. The molecule has 0 saturated heterocycles. The van der Waals surface area contributed by atoms with Gasteiger partial charge >= 0.3 is 11.9 Å². The van der Waals surface area contributed by atoms with Gasteiger partial charge in [-0.3, -0.25) is 14.4 Å². The lowest BCUT2D eigenvalue weighted by molar-refractivity contribution is -0.173. The van der Waals surface area contributed by atoms with Crippen molar-refractivity contribution >= 4 is 23.5 Å². The predicted molar refractivity (Wildman–Crippen MR) is 121 cm³/mol. The summed E-state index contributed by atoms with van der Waals surface area (Å²) in [6, 6.07) is 0. The summed E-state index contributed by atoms with van der Waals surface area (Å²) in [7, 11) is 0. The molecule has 0 spiro atoms. The average Bonchev–Trinajstić information content (AvgIpc) is 2.99. The Bertz CT molecular complexity index is 950. The summed E-state index contributed by atoms with van der Waals surface area (Å²) in [6.45, 7) is 14.0. The molecule has 7 atom stereocenters. The zero-order valence-corrected chi connectivity index (χ0v) is 20.2. The summed E-state index contributed by atoms with van der Waals surface area (Å²) < 4.78 is 11.8. The van der Waals surface area contributed by atoms with Gasteiger partial charge in [0.1, 0.15) is 12.2 Å². The smallest absolute Gasteiger partial charge is 0.333 e. The molecule has 3 rings (SSSR count). The fourth-order valence-electron chi connectivity index (χ4n) is 5.61. The summed E-state index contributed by atoms with van der Waals surface area (Å²) in [4.78, 5) is 51.8. The van der Waals surface area contributed by atoms with E-state index in [0.717, 1.165) is 0 Å². The molecule has 2 bridgehead atoms. The number of allylic oxidation sites excluding steroid dienone is 3. The maximum atomic E-state index is 13.2. The summed E-state index contributed by atoms with van der Waals surface area (Å²) in [5.74, 6) is -3.35. The molecule has 0 amide bonds. The predicted octanol–water partition coefficient (Wildman–Crippen LogP) is 3.11. The van der Waals surface area contributed by atoms with E-state index in [1.807, 2.05) is 13.0 Å². The number of carbonyl (C=O) groups excluding carboxylic acids is 4. The van der Waals surface area contributed by atoms with Crippen LogP contribution in [-0.2, 0) is 28.7 Å². The molecular formula is C26H34O7. The van der Waals surface area contributed by atoms with Crippen LogP contribution < -0.4 is 0 Å². The van der Waals surface area contributed by atoms with Crippen LogP contribution >= 0.6 is 0 Å². The summed E-state index contributed by atoms with van der Waals surface area (Å²) >= 11 is 0. The molecule has 3 aliphatic carbocycles. The molecule has 0 heterocycles. The highest BCUT2D eigenvalue weighted by Crippen LogP contribution is 2.57. The van der Waals surface area contributed by atoms with E-state index < -0.39 is 41.1 Å². The van der Waals surface area contributed by atoms with Crippen molar-refractivity contribution in [2.75, 3.05) is 0 Å². The molecule has 1 N–H and O–H groups in total. The number of rotatable bonds is 5. The molecule has 2 saturated carbocycles. The van der Waals surface area contributed by atoms with Crippen LogP contribution in [0, 0.1) is 29.1 Å². The van der Waals surface area contributed by atoms with E-state index >= 15 is 0 Å². The van der Waals surface area contributed by atoms with E-state index in [0.29, 0.717) is 5.57 Å². The Morgan fingerprint density at radius 3 is 2.52 bits per heavy atom. The highest BCUT2D eigenvalue weighted by Gasteiger charge is 2.64. The SMILES string of the molecule is C=C1C(=O)C[C@@H]2[C@@H](C)[C@@H]3C=CC(=O)[C@@]3(C)[C@@H](OC(=O)/C(C)=C\C)[C@H]1[C@H]2OC(=O)CC(C)(C)O. The minimum atomic E-state index is -1.27. The quantitative estimate of drug-likeness (QED) is 0.498. The first-order valence-electron chi connectivity index (χ1n) is 11.4. The third-order valence-electron chi connectivity index (χ3n) is 7.63. The van der Waals surface area contributed by atoms with Gasteiger partial charge in [-0.05, 0) is 58.1 Å². The van der Waals surface area contributed by atoms with Gasteiger partial charge in [0.05, 0.1) is 23.4 Å². The zero-order valence-electron chi connectivity index (χ0n) is 20.2. The zero-order chi connectivity index (χ0) is 24.9. The van der Waals surface area contributed by atoms with Gasteiger partial charge in [0.15, 0.2) is 11.6 Å². The standard InChI is InChI=1S/C26H34O7/c1-8-13(2)24(30)33-23-21-15(4)18(27)11-16(22(21)32-20(29)12-25(5,6)31)14(3)17-9-10-19(28)26(17,23)7/h8-10,14,16-17,21-23,31H,4,11-12H2,1-3,5-7H3/b13-8-/t14-,16-,17+,21-,22+,23+,26+/m1/s1. The highest BCUT2D eigenvalue weighted by molar-refractivity contribution is 6.01. The number of fused-ring (bicyclic) bond motifs is 3. The lowest BCUT2D eigenvalue weighted by atomic mass is 9.67. The molecule has 0 aromatic rings. The molecule has 0 aromatic carbocycles. The van der Waals surface area contributed by atoms with E-state index in [4.69, 9.17) is 9.47 Å². The van der Waals surface area contributed by atoms with Crippen LogP contribution in [0.15, 0.2) is 36.0 Å². The third kappa shape index (κ3) is 4.35. The van der Waals surface area contributed by atoms with E-state index in [1.165, 1.54) is 19.9 Å². The van der Waals surface area contributed by atoms with Crippen LogP contribution in [0.5, 0.6) is 0 Å². The topological polar surface area (TPSA) is 107 Å². The van der Waals surface area contributed by atoms with Gasteiger partial charge in [-0.2, -0.15) is 0 Å². The summed E-state index contributed by atoms with van der Waals surface area (Å²) in [5, 5.41) is 10.1. The monoisotopic (exact) mass is 458 g/mol. The van der Waals surface area contributed by atoms with Crippen LogP contribution in [0.1, 0.15) is 54.4 Å². The van der Waals surface area contributed by atoms with Crippen molar-refractivity contribution < 1.29 is 33.8 Å². The van der Waals surface area contributed by atoms with Crippen LogP contribution in [0.3, 0.4) is 0 Å². The average molecular weight is 459 g/mol. The lowest BCUT2D eigenvalue weighted by Gasteiger charge is -2.43. The number of aliphatic hydroxyl groups is 1. The second-order valence-corrected chi connectivity index (χ2v) is 10.5. The Morgan fingerprint density at radius 2 is 1.94 bits per heavy atom. The van der Waals surface area contributed by atoms with Gasteiger partial charge in [0.2, 0.25) is 0 Å². The lowest BCUT2D eigenvalue weighted by Crippen LogP contribution is -2.53. The van der Waals surface area contributed by atoms with E-state index in [9.17, 15) is 24.3 Å². The Kier molecular flexibility index (Phi) is 6.59. The van der Waals surface area contributed by atoms with Gasteiger partial charge in [-0.15, -0.1) is 0 Å². The fourth-order valence-corrected chi connectivity index (χ4v) is 5.61. The molecule has 0 unspecified atom stereocenters. The molecule has 180 valence electrons. The van der Waals surface area contributed by atoms with E-state index in [2.05, 4.69) is 6.58 Å². The minimum Gasteiger partial charge on any atom is -0.461 e. The molecule has 3 aliphatic rings. The van der Waals surface area contributed by atoms with Crippen LogP contribution in [-0.4, -0.2) is 46.4 Å².